The van der Waals surface area contributed by atoms with Crippen molar-refractivity contribution in [3.63, 3.8) is 0 Å². The molecule has 2 heterocycles. The first kappa shape index (κ1) is 24.1. The molecule has 0 atom stereocenters. The summed E-state index contributed by atoms with van der Waals surface area (Å²) in [5.41, 5.74) is 3.15. The summed E-state index contributed by atoms with van der Waals surface area (Å²) in [6.07, 6.45) is 0.643. The van der Waals surface area contributed by atoms with Crippen molar-refractivity contribution in [1.29, 1.82) is 0 Å². The summed E-state index contributed by atoms with van der Waals surface area (Å²) in [7, 11) is 3.28. The third-order valence-corrected chi connectivity index (χ3v) is 5.20. The maximum Gasteiger partial charge on any atom is 0.309 e. The smallest absolute Gasteiger partial charge is 0.309 e. The number of hydrogen-bond donors (Lipinski definition) is 2. The lowest BCUT2D eigenvalue weighted by molar-refractivity contribution is -0.147. The lowest BCUT2D eigenvalue weighted by Gasteiger charge is -2.36. The molecular weight excluding hydrogens is 429 g/mol. The van der Waals surface area contributed by atoms with Crippen LogP contribution in [0.4, 0.5) is 4.39 Å². The molecule has 0 radical (unpaired) electrons. The van der Waals surface area contributed by atoms with Crippen LogP contribution in [0.2, 0.25) is 0 Å². The summed E-state index contributed by atoms with van der Waals surface area (Å²) in [5.74, 6) is -0.434. The van der Waals surface area contributed by atoms with E-state index in [9.17, 15) is 14.0 Å². The number of aromatic nitrogens is 1. The highest BCUT2D eigenvalue weighted by atomic mass is 19.1. The van der Waals surface area contributed by atoms with Gasteiger partial charge in [-0.15, -0.1) is 0 Å². The Morgan fingerprint density at radius 1 is 1.24 bits per heavy atom. The van der Waals surface area contributed by atoms with Crippen molar-refractivity contribution in [2.75, 3.05) is 27.2 Å². The van der Waals surface area contributed by atoms with Crippen LogP contribution < -0.4 is 10.1 Å². The molecule has 0 unspecified atom stereocenters. The number of likely N-dealkylation sites (tertiary alicyclic amines) is 1. The molecule has 0 spiro atoms. The van der Waals surface area contributed by atoms with Crippen molar-refractivity contribution < 1.29 is 28.3 Å². The van der Waals surface area contributed by atoms with Crippen molar-refractivity contribution in [1.82, 2.24) is 15.4 Å². The quantitative estimate of drug-likeness (QED) is 0.499. The van der Waals surface area contributed by atoms with Crippen LogP contribution in [-0.2, 0) is 17.9 Å². The van der Waals surface area contributed by atoms with E-state index in [0.717, 1.165) is 23.2 Å². The molecule has 0 bridgehead atoms. The summed E-state index contributed by atoms with van der Waals surface area (Å²) in [4.78, 5) is 23.4. The van der Waals surface area contributed by atoms with E-state index in [4.69, 9.17) is 14.4 Å². The molecule has 2 aromatic carbocycles. The Kier molecular flexibility index (Phi) is 8.28. The van der Waals surface area contributed by atoms with E-state index in [-0.39, 0.29) is 23.2 Å². The Bertz CT molecular complexity index is 1080. The largest absolute Gasteiger partial charge is 0.494 e. The van der Waals surface area contributed by atoms with Gasteiger partial charge in [0.05, 0.1) is 13.0 Å². The lowest BCUT2D eigenvalue weighted by atomic mass is 9.99. The van der Waals surface area contributed by atoms with Gasteiger partial charge in [0.25, 0.3) is 0 Å². The zero-order valence-corrected chi connectivity index (χ0v) is 18.5. The Labute approximate surface area is 191 Å². The number of halogens is 1. The number of carboxylic acids is 1. The van der Waals surface area contributed by atoms with Crippen LogP contribution in [0.1, 0.15) is 21.6 Å². The first-order valence-corrected chi connectivity index (χ1v) is 10.4. The van der Waals surface area contributed by atoms with Crippen LogP contribution in [0.25, 0.3) is 11.3 Å². The molecule has 9 heteroatoms. The Balaban J connectivity index is 0.000000218. The van der Waals surface area contributed by atoms with Gasteiger partial charge in [-0.1, -0.05) is 35.5 Å². The zero-order chi connectivity index (χ0) is 23.8. The van der Waals surface area contributed by atoms with Gasteiger partial charge in [-0.3, -0.25) is 14.5 Å². The third kappa shape index (κ3) is 6.47. The minimum Gasteiger partial charge on any atom is -0.494 e. The van der Waals surface area contributed by atoms with E-state index in [1.165, 1.54) is 13.2 Å². The van der Waals surface area contributed by atoms with E-state index < -0.39 is 5.97 Å². The number of aldehydes is 1. The van der Waals surface area contributed by atoms with E-state index in [0.29, 0.717) is 31.7 Å². The minimum atomic E-state index is -0.724. The molecule has 0 saturated carbocycles. The van der Waals surface area contributed by atoms with Crippen LogP contribution in [0.5, 0.6) is 5.75 Å². The summed E-state index contributed by atoms with van der Waals surface area (Å²) < 4.78 is 22.9. The molecule has 3 aromatic rings. The molecule has 4 rings (SSSR count). The number of rotatable bonds is 8. The van der Waals surface area contributed by atoms with Crippen LogP contribution in [0.3, 0.4) is 0 Å². The van der Waals surface area contributed by atoms with Gasteiger partial charge in [-0.05, 0) is 30.3 Å². The molecule has 2 N–H and O–H groups in total. The number of benzene rings is 2. The van der Waals surface area contributed by atoms with Gasteiger partial charge in [0, 0.05) is 37.8 Å². The molecule has 1 saturated heterocycles. The number of carbonyl (C=O) groups is 2. The molecule has 8 nitrogen and oxygen atoms in total. The van der Waals surface area contributed by atoms with Gasteiger partial charge in [-0.2, -0.15) is 0 Å². The fourth-order valence-electron chi connectivity index (χ4n) is 3.39. The summed E-state index contributed by atoms with van der Waals surface area (Å²) in [6, 6.07) is 14.3. The number of carboxylic acid groups (broad SMARTS) is 1. The maximum absolute atomic E-state index is 13.0. The predicted octanol–water partition coefficient (Wildman–Crippen LogP) is 3.22. The van der Waals surface area contributed by atoms with E-state index in [1.54, 1.807) is 12.1 Å². The first-order valence-electron chi connectivity index (χ1n) is 10.4. The number of carbonyl (C=O) groups excluding carboxylic acids is 1. The van der Waals surface area contributed by atoms with Gasteiger partial charge in [0.15, 0.2) is 23.6 Å². The van der Waals surface area contributed by atoms with Crippen molar-refractivity contribution in [3.05, 3.63) is 71.2 Å². The SMILES string of the molecule is CNCc1ccc(OC)c(F)c1.O=Cc1cc(-c2ccc(CN3CC(C(=O)O)C3)cc2)on1. The van der Waals surface area contributed by atoms with Crippen LogP contribution >= 0.6 is 0 Å². The van der Waals surface area contributed by atoms with Gasteiger partial charge >= 0.3 is 5.97 Å². The second kappa shape index (κ2) is 11.3. The van der Waals surface area contributed by atoms with E-state index in [1.807, 2.05) is 37.4 Å². The maximum atomic E-state index is 13.0. The fourth-order valence-corrected chi connectivity index (χ4v) is 3.39. The highest BCUT2D eigenvalue weighted by Crippen LogP contribution is 2.23. The topological polar surface area (TPSA) is 105 Å². The number of methoxy groups -OCH3 is 1. The number of ether oxygens (including phenoxy) is 1. The highest BCUT2D eigenvalue weighted by Gasteiger charge is 2.32. The summed E-state index contributed by atoms with van der Waals surface area (Å²) in [5, 5.41) is 15.4. The molecular formula is C24H26FN3O5. The lowest BCUT2D eigenvalue weighted by Crippen LogP contribution is -2.49. The molecule has 33 heavy (non-hydrogen) atoms. The number of nitrogens with one attached hydrogen (secondary N) is 1. The van der Waals surface area contributed by atoms with Crippen molar-refractivity contribution in [2.24, 2.45) is 5.92 Å². The van der Waals surface area contributed by atoms with Crippen molar-refractivity contribution in [3.8, 4) is 17.1 Å². The minimum absolute atomic E-state index is 0.236. The number of nitrogens with zero attached hydrogens (tertiary/aromatic N) is 2. The fraction of sp³-hybridized carbons (Fsp3) is 0.292. The first-order chi connectivity index (χ1) is 15.9. The molecule has 174 valence electrons. The average molecular weight is 455 g/mol. The average Bonchev–Trinajstić information content (AvgIpc) is 3.26. The number of hydrogen-bond acceptors (Lipinski definition) is 7. The molecule has 0 aliphatic carbocycles. The van der Waals surface area contributed by atoms with E-state index >= 15 is 0 Å². The second-order valence-electron chi connectivity index (χ2n) is 7.66. The second-order valence-corrected chi connectivity index (χ2v) is 7.66. The standard InChI is InChI=1S/C15H14N2O4.C9H12FNO/c18-9-13-5-14(21-16-13)11-3-1-10(2-4-11)6-17-7-12(8-17)15(19)20;1-11-6-7-3-4-9(12-2)8(10)5-7/h1-5,9,12H,6-8H2,(H,19,20);3-5,11H,6H2,1-2H3. The normalized spacial score (nSPS) is 13.5. The van der Waals surface area contributed by atoms with Crippen LogP contribution in [0, 0.1) is 11.7 Å². The molecule has 1 fully saturated rings. The number of aliphatic carboxylic acids is 1. The molecule has 1 aliphatic rings. The Morgan fingerprint density at radius 2 is 1.94 bits per heavy atom. The van der Waals surface area contributed by atoms with Gasteiger partial charge in [-0.25, -0.2) is 4.39 Å². The molecule has 1 aromatic heterocycles. The van der Waals surface area contributed by atoms with Crippen LogP contribution in [-0.4, -0.2) is 54.7 Å². The van der Waals surface area contributed by atoms with Crippen molar-refractivity contribution in [2.45, 2.75) is 13.1 Å². The van der Waals surface area contributed by atoms with Crippen molar-refractivity contribution >= 4 is 12.3 Å². The summed E-state index contributed by atoms with van der Waals surface area (Å²) in [6.45, 7) is 2.60. The molecule has 0 amide bonds. The van der Waals surface area contributed by atoms with Gasteiger partial charge < -0.3 is 19.7 Å². The Hall–Kier alpha value is -3.56. The third-order valence-electron chi connectivity index (χ3n) is 5.20. The van der Waals surface area contributed by atoms with Gasteiger partial charge in [0.2, 0.25) is 0 Å². The highest BCUT2D eigenvalue weighted by molar-refractivity contribution is 5.74. The van der Waals surface area contributed by atoms with Crippen LogP contribution in [0.15, 0.2) is 53.1 Å². The van der Waals surface area contributed by atoms with Gasteiger partial charge in [0.1, 0.15) is 5.69 Å². The van der Waals surface area contributed by atoms with E-state index in [2.05, 4.69) is 15.4 Å². The Morgan fingerprint density at radius 3 is 2.48 bits per heavy atom. The molecule has 1 aliphatic heterocycles. The predicted molar refractivity (Wildman–Crippen MR) is 119 cm³/mol. The summed E-state index contributed by atoms with van der Waals surface area (Å²) >= 11 is 0. The monoisotopic (exact) mass is 455 g/mol. The zero-order valence-electron chi connectivity index (χ0n) is 18.5.